The first-order valence-corrected chi connectivity index (χ1v) is 9.52. The minimum Gasteiger partial charge on any atom is -0.371 e. The second kappa shape index (κ2) is 7.55. The molecule has 1 N–H and O–H groups in total. The Bertz CT molecular complexity index is 643. The fourth-order valence-electron chi connectivity index (χ4n) is 3.38. The van der Waals surface area contributed by atoms with Gasteiger partial charge in [0.2, 0.25) is 0 Å². The molecule has 2 aliphatic heterocycles. The molecule has 128 valence electrons. The van der Waals surface area contributed by atoms with Gasteiger partial charge < -0.3 is 15.0 Å². The quantitative estimate of drug-likeness (QED) is 0.898. The number of nitrogens with zero attached hydrogens (tertiary/aromatic N) is 4. The summed E-state index contributed by atoms with van der Waals surface area (Å²) in [5.74, 6) is 0.974. The van der Waals surface area contributed by atoms with Crippen molar-refractivity contribution in [1.82, 2.24) is 20.5 Å². The molecule has 2 aromatic rings. The highest BCUT2D eigenvalue weighted by atomic mass is 32.1. The van der Waals surface area contributed by atoms with Gasteiger partial charge in [0.05, 0.1) is 0 Å². The smallest absolute Gasteiger partial charge is 0.151 e. The van der Waals surface area contributed by atoms with E-state index >= 15 is 0 Å². The van der Waals surface area contributed by atoms with Crippen molar-refractivity contribution >= 4 is 17.2 Å². The largest absolute Gasteiger partial charge is 0.371 e. The van der Waals surface area contributed by atoms with Crippen LogP contribution in [0.4, 0.5) is 5.82 Å². The number of hydrogen-bond acceptors (Lipinski definition) is 7. The molecular formula is C17H23N5OS. The summed E-state index contributed by atoms with van der Waals surface area (Å²) in [5.41, 5.74) is 0. The first-order valence-electron chi connectivity index (χ1n) is 8.71. The van der Waals surface area contributed by atoms with E-state index in [2.05, 4.69) is 25.4 Å². The topological polar surface area (TPSA) is 63.2 Å². The summed E-state index contributed by atoms with van der Waals surface area (Å²) in [5, 5.41) is 13.0. The molecule has 2 aliphatic rings. The number of thiazole rings is 1. The van der Waals surface area contributed by atoms with Gasteiger partial charge in [0.15, 0.2) is 5.82 Å². The number of rotatable bonds is 5. The molecule has 2 fully saturated rings. The molecule has 0 spiro atoms. The maximum atomic E-state index is 5.72. The highest BCUT2D eigenvalue weighted by molar-refractivity contribution is 7.11. The van der Waals surface area contributed by atoms with Crippen LogP contribution < -0.4 is 10.2 Å². The van der Waals surface area contributed by atoms with Crippen molar-refractivity contribution in [3.8, 4) is 0 Å². The van der Waals surface area contributed by atoms with Gasteiger partial charge in [0.25, 0.3) is 0 Å². The van der Waals surface area contributed by atoms with Gasteiger partial charge >= 0.3 is 0 Å². The lowest BCUT2D eigenvalue weighted by molar-refractivity contribution is 0.111. The molecular weight excluding hydrogens is 322 g/mol. The predicted octanol–water partition coefficient (Wildman–Crippen LogP) is 2.54. The lowest BCUT2D eigenvalue weighted by atomic mass is 10.1. The second-order valence-electron chi connectivity index (χ2n) is 6.41. The normalized spacial score (nSPS) is 24.4. The van der Waals surface area contributed by atoms with Gasteiger partial charge in [-0.05, 0) is 37.8 Å². The monoisotopic (exact) mass is 345 g/mol. The third-order valence-electron chi connectivity index (χ3n) is 4.65. The zero-order valence-electron chi connectivity index (χ0n) is 13.7. The van der Waals surface area contributed by atoms with Crippen molar-refractivity contribution in [1.29, 1.82) is 0 Å². The Morgan fingerprint density at radius 2 is 2.33 bits per heavy atom. The molecule has 0 amide bonds. The third-order valence-corrected chi connectivity index (χ3v) is 5.73. The van der Waals surface area contributed by atoms with Crippen molar-refractivity contribution in [3.05, 3.63) is 34.4 Å². The molecule has 2 saturated heterocycles. The van der Waals surface area contributed by atoms with Crippen molar-refractivity contribution in [2.45, 2.75) is 44.4 Å². The molecule has 4 rings (SSSR count). The van der Waals surface area contributed by atoms with Crippen molar-refractivity contribution < 1.29 is 4.74 Å². The molecule has 24 heavy (non-hydrogen) atoms. The molecule has 6 nitrogen and oxygen atoms in total. The van der Waals surface area contributed by atoms with Gasteiger partial charge in [-0.3, -0.25) is 0 Å². The fourth-order valence-corrected chi connectivity index (χ4v) is 4.34. The van der Waals surface area contributed by atoms with Crippen molar-refractivity contribution in [2.75, 3.05) is 24.6 Å². The summed E-state index contributed by atoms with van der Waals surface area (Å²) in [6, 6.07) is 4.46. The SMILES string of the molecule is c1cnnc(N2CCCC(NCc3cnc(C4CCCO4)s3)C2)c1. The molecule has 0 aliphatic carbocycles. The number of anilines is 1. The molecule has 4 heterocycles. The van der Waals surface area contributed by atoms with E-state index in [0.29, 0.717) is 6.04 Å². The van der Waals surface area contributed by atoms with E-state index in [1.165, 1.54) is 17.7 Å². The average molecular weight is 345 g/mol. The van der Waals surface area contributed by atoms with Crippen LogP contribution in [0.5, 0.6) is 0 Å². The van der Waals surface area contributed by atoms with Crippen LogP contribution in [0.1, 0.15) is 41.7 Å². The van der Waals surface area contributed by atoms with Gasteiger partial charge in [-0.1, -0.05) is 0 Å². The van der Waals surface area contributed by atoms with E-state index < -0.39 is 0 Å². The molecule has 0 aromatic carbocycles. The van der Waals surface area contributed by atoms with Gasteiger partial charge in [-0.2, -0.15) is 5.10 Å². The maximum Gasteiger partial charge on any atom is 0.151 e. The standard InChI is InChI=1S/C17H23N5OS/c1-6-16(21-20-7-1)22-8-2-4-13(12-22)18-10-14-11-19-17(24-14)15-5-3-9-23-15/h1,6-7,11,13,15,18H,2-5,8-10,12H2. The Morgan fingerprint density at radius 3 is 3.17 bits per heavy atom. The molecule has 0 saturated carbocycles. The van der Waals surface area contributed by atoms with Crippen LogP contribution in [-0.4, -0.2) is 40.9 Å². The lowest BCUT2D eigenvalue weighted by Gasteiger charge is -2.33. The zero-order valence-corrected chi connectivity index (χ0v) is 14.5. The first kappa shape index (κ1) is 15.9. The number of nitrogens with one attached hydrogen (secondary N) is 1. The van der Waals surface area contributed by atoms with Crippen LogP contribution in [0, 0.1) is 0 Å². The van der Waals surface area contributed by atoms with Gasteiger partial charge in [0.1, 0.15) is 11.1 Å². The Labute approximate surface area is 146 Å². The van der Waals surface area contributed by atoms with Crippen LogP contribution in [-0.2, 0) is 11.3 Å². The number of piperidine rings is 1. The van der Waals surface area contributed by atoms with Gasteiger partial charge in [-0.25, -0.2) is 4.98 Å². The van der Waals surface area contributed by atoms with Crippen LogP contribution in [0.2, 0.25) is 0 Å². The Morgan fingerprint density at radius 1 is 1.33 bits per heavy atom. The zero-order chi connectivity index (χ0) is 16.2. The molecule has 2 aromatic heterocycles. The van der Waals surface area contributed by atoms with E-state index in [1.807, 2.05) is 18.3 Å². The highest BCUT2D eigenvalue weighted by Gasteiger charge is 2.23. The van der Waals surface area contributed by atoms with Crippen LogP contribution in [0.3, 0.4) is 0 Å². The van der Waals surface area contributed by atoms with E-state index in [9.17, 15) is 0 Å². The van der Waals surface area contributed by atoms with Gasteiger partial charge in [-0.15, -0.1) is 16.4 Å². The van der Waals surface area contributed by atoms with Gasteiger partial charge in [0, 0.05) is 49.6 Å². The Kier molecular flexibility index (Phi) is 5.01. The first-order chi connectivity index (χ1) is 11.9. The van der Waals surface area contributed by atoms with E-state index in [4.69, 9.17) is 4.74 Å². The lowest BCUT2D eigenvalue weighted by Crippen LogP contribution is -2.45. The summed E-state index contributed by atoms with van der Waals surface area (Å²) in [6.45, 7) is 3.79. The highest BCUT2D eigenvalue weighted by Crippen LogP contribution is 2.31. The number of ether oxygens (including phenoxy) is 1. The van der Waals surface area contributed by atoms with Crippen LogP contribution in [0.25, 0.3) is 0 Å². The van der Waals surface area contributed by atoms with E-state index in [0.717, 1.165) is 49.9 Å². The Balaban J connectivity index is 1.31. The minimum atomic E-state index is 0.227. The number of hydrogen-bond donors (Lipinski definition) is 1. The fraction of sp³-hybridized carbons (Fsp3) is 0.588. The molecule has 2 atom stereocenters. The van der Waals surface area contributed by atoms with Crippen LogP contribution in [0.15, 0.2) is 24.5 Å². The Hall–Kier alpha value is -1.57. The summed E-state index contributed by atoms with van der Waals surface area (Å²) in [7, 11) is 0. The molecule has 7 heteroatoms. The molecule has 0 radical (unpaired) electrons. The predicted molar refractivity (Wildman–Crippen MR) is 94.1 cm³/mol. The summed E-state index contributed by atoms with van der Waals surface area (Å²) >= 11 is 1.78. The second-order valence-corrected chi connectivity index (χ2v) is 7.56. The van der Waals surface area contributed by atoms with Crippen molar-refractivity contribution in [2.24, 2.45) is 0 Å². The molecule has 2 unspecified atom stereocenters. The van der Waals surface area contributed by atoms with Crippen LogP contribution >= 0.6 is 11.3 Å². The average Bonchev–Trinajstić information content (AvgIpc) is 3.32. The molecule has 0 bridgehead atoms. The van der Waals surface area contributed by atoms with Crippen molar-refractivity contribution in [3.63, 3.8) is 0 Å². The number of aromatic nitrogens is 3. The summed E-state index contributed by atoms with van der Waals surface area (Å²) < 4.78 is 5.72. The van der Waals surface area contributed by atoms with E-state index in [-0.39, 0.29) is 6.10 Å². The summed E-state index contributed by atoms with van der Waals surface area (Å²) in [4.78, 5) is 8.16. The maximum absolute atomic E-state index is 5.72. The minimum absolute atomic E-state index is 0.227. The third kappa shape index (κ3) is 3.74. The summed E-state index contributed by atoms with van der Waals surface area (Å²) in [6.07, 6.45) is 8.59. The van der Waals surface area contributed by atoms with E-state index in [1.54, 1.807) is 17.5 Å².